The molecule has 3 rings (SSSR count). The van der Waals surface area contributed by atoms with E-state index in [0.717, 1.165) is 25.1 Å². The molecule has 1 atom stereocenters. The van der Waals surface area contributed by atoms with Crippen molar-refractivity contribution in [3.8, 4) is 0 Å². The highest BCUT2D eigenvalue weighted by Crippen LogP contribution is 2.49. The van der Waals surface area contributed by atoms with Gasteiger partial charge in [-0.3, -0.25) is 4.21 Å². The number of halogens is 3. The van der Waals surface area contributed by atoms with Crippen molar-refractivity contribution < 1.29 is 17.4 Å². The van der Waals surface area contributed by atoms with Gasteiger partial charge in [-0.25, -0.2) is 0 Å². The molecule has 1 aromatic carbocycles. The maximum absolute atomic E-state index is 12.7. The van der Waals surface area contributed by atoms with E-state index in [2.05, 4.69) is 5.32 Å². The van der Waals surface area contributed by atoms with E-state index in [-0.39, 0.29) is 4.90 Å². The van der Waals surface area contributed by atoms with E-state index in [1.807, 2.05) is 0 Å². The highest BCUT2D eigenvalue weighted by Gasteiger charge is 2.48. The first-order valence-electron chi connectivity index (χ1n) is 6.98. The van der Waals surface area contributed by atoms with E-state index in [1.54, 1.807) is 12.1 Å². The van der Waals surface area contributed by atoms with Crippen molar-refractivity contribution in [1.82, 2.24) is 5.32 Å². The summed E-state index contributed by atoms with van der Waals surface area (Å²) in [5.74, 6) is 0.628. The Labute approximate surface area is 125 Å². The Hall–Kier alpha value is -0.450. The van der Waals surface area contributed by atoms with Crippen molar-refractivity contribution in [1.29, 1.82) is 0 Å². The average molecular weight is 337 g/mol. The van der Waals surface area contributed by atoms with Crippen LogP contribution in [0.15, 0.2) is 29.2 Å². The lowest BCUT2D eigenvalue weighted by atomic mass is 9.57. The Morgan fingerprint density at radius 1 is 1.24 bits per heavy atom. The molecule has 1 saturated carbocycles. The molecule has 7 heteroatoms. The monoisotopic (exact) mass is 337 g/mol. The van der Waals surface area contributed by atoms with Crippen LogP contribution in [0.2, 0.25) is 0 Å². The summed E-state index contributed by atoms with van der Waals surface area (Å²) < 4.78 is 50.0. The molecule has 118 valence electrons. The zero-order chi connectivity index (χ0) is 15.3. The SMILES string of the molecule is O=[SH](P)(c1ccc(CC2CC3(CNC3)C2)cc1)C(F)(F)F. The summed E-state index contributed by atoms with van der Waals surface area (Å²) in [4.78, 5) is -0.142. The van der Waals surface area contributed by atoms with Crippen LogP contribution in [0.4, 0.5) is 13.2 Å². The summed E-state index contributed by atoms with van der Waals surface area (Å²) in [6.07, 6.45) is 3.30. The topological polar surface area (TPSA) is 29.1 Å². The Morgan fingerprint density at radius 2 is 1.81 bits per heavy atom. The van der Waals surface area contributed by atoms with Crippen LogP contribution in [0, 0.1) is 11.3 Å². The fraction of sp³-hybridized carbons (Fsp3) is 0.571. The zero-order valence-corrected chi connectivity index (χ0v) is 13.5. The normalized spacial score (nSPS) is 22.7. The van der Waals surface area contributed by atoms with Crippen molar-refractivity contribution in [2.24, 2.45) is 11.3 Å². The van der Waals surface area contributed by atoms with Gasteiger partial charge in [-0.05, 0) is 48.3 Å². The predicted molar refractivity (Wildman–Crippen MR) is 81.7 cm³/mol. The summed E-state index contributed by atoms with van der Waals surface area (Å²) in [6.45, 7) is 2.20. The number of hydrogen-bond acceptors (Lipinski definition) is 2. The van der Waals surface area contributed by atoms with Gasteiger partial charge >= 0.3 is 5.51 Å². The molecule has 1 aliphatic carbocycles. The third-order valence-electron chi connectivity index (χ3n) is 4.66. The zero-order valence-electron chi connectivity index (χ0n) is 11.5. The van der Waals surface area contributed by atoms with Crippen molar-refractivity contribution >= 4 is 18.0 Å². The molecule has 1 heterocycles. The number of thiol groups is 1. The van der Waals surface area contributed by atoms with Crippen LogP contribution in [0.25, 0.3) is 0 Å². The van der Waals surface area contributed by atoms with Crippen LogP contribution in [-0.2, 0) is 16.0 Å². The highest BCUT2D eigenvalue weighted by atomic mass is 32.8. The Bertz CT molecular complexity index is 575. The van der Waals surface area contributed by atoms with Gasteiger partial charge in [-0.2, -0.15) is 13.2 Å². The number of hydrogen-bond donors (Lipinski definition) is 2. The second-order valence-electron chi connectivity index (χ2n) is 6.37. The molecular weight excluding hydrogens is 318 g/mol. The highest BCUT2D eigenvalue weighted by molar-refractivity contribution is 8.45. The Balaban J connectivity index is 1.63. The second-order valence-corrected chi connectivity index (χ2v) is 10.9. The second kappa shape index (κ2) is 5.04. The molecule has 1 unspecified atom stereocenters. The number of alkyl halides is 3. The van der Waals surface area contributed by atoms with Gasteiger partial charge in [0.05, 0.1) is 0 Å². The molecule has 0 bridgehead atoms. The smallest absolute Gasteiger partial charge is 0.316 e. The Kier molecular flexibility index (Phi) is 3.70. The van der Waals surface area contributed by atoms with E-state index in [4.69, 9.17) is 0 Å². The van der Waals surface area contributed by atoms with Crippen molar-refractivity contribution in [3.63, 3.8) is 0 Å². The number of benzene rings is 1. The molecule has 1 N–H and O–H groups in total. The fourth-order valence-corrected chi connectivity index (χ4v) is 4.81. The molecule has 2 nitrogen and oxygen atoms in total. The maximum atomic E-state index is 12.7. The largest absolute Gasteiger partial charge is 0.455 e. The van der Waals surface area contributed by atoms with Crippen LogP contribution in [0.1, 0.15) is 18.4 Å². The lowest BCUT2D eigenvalue weighted by Crippen LogP contribution is -2.60. The lowest BCUT2D eigenvalue weighted by Gasteiger charge is -2.54. The molecule has 1 aromatic rings. The third kappa shape index (κ3) is 2.78. The van der Waals surface area contributed by atoms with E-state index in [0.29, 0.717) is 11.3 Å². The minimum absolute atomic E-state index is 0.142. The van der Waals surface area contributed by atoms with Gasteiger partial charge in [0.1, 0.15) is 0 Å². The summed E-state index contributed by atoms with van der Waals surface area (Å²) in [7, 11) is -2.89. The van der Waals surface area contributed by atoms with Gasteiger partial charge in [-0.15, -0.1) is 0 Å². The van der Waals surface area contributed by atoms with Crippen molar-refractivity contribution in [2.45, 2.75) is 29.7 Å². The van der Waals surface area contributed by atoms with Crippen LogP contribution in [-0.4, -0.2) is 22.8 Å². The van der Waals surface area contributed by atoms with Crippen LogP contribution in [0.3, 0.4) is 0 Å². The molecular formula is C14H19F3NOPS. The lowest BCUT2D eigenvalue weighted by molar-refractivity contribution is -0.0395. The predicted octanol–water partition coefficient (Wildman–Crippen LogP) is 2.91. The third-order valence-corrected chi connectivity index (χ3v) is 8.26. The minimum atomic E-state index is -4.70. The van der Waals surface area contributed by atoms with Gasteiger partial charge in [0.2, 0.25) is 0 Å². The number of nitrogens with one attached hydrogen (secondary N) is 1. The average Bonchev–Trinajstić information content (AvgIpc) is 2.30. The van der Waals surface area contributed by atoms with E-state index < -0.39 is 15.1 Å². The molecule has 2 aliphatic rings. The van der Waals surface area contributed by atoms with Gasteiger partial charge in [0, 0.05) is 27.5 Å². The minimum Gasteiger partial charge on any atom is -0.316 e. The quantitative estimate of drug-likeness (QED) is 0.656. The van der Waals surface area contributed by atoms with Gasteiger partial charge < -0.3 is 5.32 Å². The van der Waals surface area contributed by atoms with Gasteiger partial charge in [0.25, 0.3) is 0 Å². The van der Waals surface area contributed by atoms with Crippen LogP contribution in [0.5, 0.6) is 0 Å². The number of rotatable bonds is 3. The molecule has 0 amide bonds. The summed E-state index contributed by atoms with van der Waals surface area (Å²) in [5.41, 5.74) is -3.16. The molecule has 2 fully saturated rings. The van der Waals surface area contributed by atoms with Crippen LogP contribution < -0.4 is 5.32 Å². The summed E-state index contributed by atoms with van der Waals surface area (Å²) in [5, 5.41) is 3.29. The van der Waals surface area contributed by atoms with E-state index >= 15 is 0 Å². The standard InChI is InChI=1S/C14H19F3NOPS/c15-14(16,17)21(19,20)12-3-1-10(2-4-12)5-11-6-13(7-11)8-18-9-13/h1-4,11,18,21H,5-9,20H2. The molecule has 0 aromatic heterocycles. The van der Waals surface area contributed by atoms with Gasteiger partial charge in [-0.1, -0.05) is 20.6 Å². The summed E-state index contributed by atoms with van der Waals surface area (Å²) >= 11 is 0. The molecule has 1 saturated heterocycles. The van der Waals surface area contributed by atoms with Gasteiger partial charge in [0.15, 0.2) is 0 Å². The maximum Gasteiger partial charge on any atom is 0.455 e. The fourth-order valence-electron chi connectivity index (χ4n) is 3.41. The van der Waals surface area contributed by atoms with E-state index in [9.17, 15) is 17.4 Å². The van der Waals surface area contributed by atoms with Crippen molar-refractivity contribution in [3.05, 3.63) is 29.8 Å². The molecule has 21 heavy (non-hydrogen) atoms. The van der Waals surface area contributed by atoms with Crippen LogP contribution >= 0.6 is 8.44 Å². The molecule has 0 radical (unpaired) electrons. The van der Waals surface area contributed by atoms with Crippen molar-refractivity contribution in [2.75, 3.05) is 13.1 Å². The molecule has 1 aliphatic heterocycles. The first-order valence-corrected chi connectivity index (χ1v) is 10.3. The Morgan fingerprint density at radius 3 is 2.24 bits per heavy atom. The first-order chi connectivity index (χ1) is 9.72. The van der Waals surface area contributed by atoms with E-state index in [1.165, 1.54) is 33.4 Å². The molecule has 1 spiro atoms. The summed E-state index contributed by atoms with van der Waals surface area (Å²) in [6, 6.07) is 6.08. The first kappa shape index (κ1) is 15.4.